The van der Waals surface area contributed by atoms with Crippen LogP contribution in [-0.4, -0.2) is 131 Å². The van der Waals surface area contributed by atoms with Crippen LogP contribution in [0.1, 0.15) is 18.1 Å². The number of esters is 1. The Morgan fingerprint density at radius 3 is 2.26 bits per heavy atom. The van der Waals surface area contributed by atoms with Crippen molar-refractivity contribution in [3.63, 3.8) is 0 Å². The van der Waals surface area contributed by atoms with Crippen LogP contribution in [0.5, 0.6) is 23.0 Å². The van der Waals surface area contributed by atoms with Crippen LogP contribution in [0.2, 0.25) is 0 Å². The third-order valence-electron chi connectivity index (χ3n) is 7.68. The molecule has 15 nitrogen and oxygen atoms in total. The minimum Gasteiger partial charge on any atom is -0.504 e. The van der Waals surface area contributed by atoms with E-state index in [1.165, 1.54) is 51.5 Å². The van der Waals surface area contributed by atoms with Gasteiger partial charge in [-0.3, -0.25) is 0 Å². The Morgan fingerprint density at radius 1 is 0.848 bits per heavy atom. The standard InChI is InChI=1S/C31H40O15/c1-15-24(36)25(37)26(38)31(43-15)46-29-27(39)30(42-11-10-17-5-8-20(40-2)19(34)12-17)44-22(14-32)28(29)45-23(35)9-6-16-4-7-18(33)21(13-16)41-3/h4-9,12-13,15,22,24-34,36-39H,10-11,14H2,1-3H3/t15-,22+,24+,25-,26-,27+,28-,29+,30-,31-/m1/s1. The maximum atomic E-state index is 12.9. The minimum absolute atomic E-state index is 0.0217. The summed E-state index contributed by atoms with van der Waals surface area (Å²) in [4.78, 5) is 12.9. The molecule has 2 aromatic carbocycles. The van der Waals surface area contributed by atoms with E-state index in [0.29, 0.717) is 16.9 Å². The number of aliphatic hydroxyl groups excluding tert-OH is 5. The molecule has 0 aromatic heterocycles. The first-order valence-electron chi connectivity index (χ1n) is 14.5. The molecule has 0 unspecified atom stereocenters. The van der Waals surface area contributed by atoms with Crippen molar-refractivity contribution in [1.82, 2.24) is 0 Å². The third-order valence-corrected chi connectivity index (χ3v) is 7.68. The molecule has 0 bridgehead atoms. The van der Waals surface area contributed by atoms with Crippen LogP contribution in [0.25, 0.3) is 6.08 Å². The Bertz CT molecular complexity index is 1340. The van der Waals surface area contributed by atoms with E-state index in [9.17, 15) is 40.5 Å². The third kappa shape index (κ3) is 8.25. The Hall–Kier alpha value is -3.51. The maximum absolute atomic E-state index is 12.9. The summed E-state index contributed by atoms with van der Waals surface area (Å²) in [5, 5.41) is 72.3. The van der Waals surface area contributed by atoms with Gasteiger partial charge in [-0.25, -0.2) is 4.79 Å². The van der Waals surface area contributed by atoms with Crippen molar-refractivity contribution < 1.29 is 73.7 Å². The molecule has 2 aliphatic heterocycles. The number of phenolic OH excluding ortho intramolecular Hbond substituents is 2. The fourth-order valence-corrected chi connectivity index (χ4v) is 5.08. The van der Waals surface area contributed by atoms with Gasteiger partial charge in [-0.1, -0.05) is 12.1 Å². The number of carbonyl (C=O) groups is 1. The van der Waals surface area contributed by atoms with Crippen molar-refractivity contribution in [3.05, 3.63) is 53.6 Å². The molecular weight excluding hydrogens is 612 g/mol. The largest absolute Gasteiger partial charge is 0.504 e. The molecular formula is C31H40O15. The number of ether oxygens (including phenoxy) is 7. The molecule has 0 saturated carbocycles. The second-order valence-corrected chi connectivity index (χ2v) is 10.8. The Kier molecular flexibility index (Phi) is 12.2. The average molecular weight is 653 g/mol. The molecule has 2 aromatic rings. The molecule has 2 heterocycles. The van der Waals surface area contributed by atoms with Gasteiger partial charge in [-0.05, 0) is 54.8 Å². The van der Waals surface area contributed by atoms with Crippen molar-refractivity contribution >= 4 is 12.0 Å². The number of carbonyl (C=O) groups excluding carboxylic acids is 1. The second kappa shape index (κ2) is 15.9. The van der Waals surface area contributed by atoms with Crippen molar-refractivity contribution in [3.8, 4) is 23.0 Å². The number of aliphatic hydroxyl groups is 5. The van der Waals surface area contributed by atoms with Gasteiger partial charge in [0.05, 0.1) is 33.5 Å². The molecule has 7 N–H and O–H groups in total. The fraction of sp³-hybridized carbons (Fsp3) is 0.516. The predicted octanol–water partition coefficient (Wildman–Crippen LogP) is -0.410. The number of methoxy groups -OCH3 is 2. The van der Waals surface area contributed by atoms with Gasteiger partial charge in [0.1, 0.15) is 36.6 Å². The van der Waals surface area contributed by atoms with E-state index in [2.05, 4.69) is 0 Å². The van der Waals surface area contributed by atoms with Crippen LogP contribution in [0, 0.1) is 0 Å². The number of hydrogen-bond acceptors (Lipinski definition) is 15. The van der Waals surface area contributed by atoms with E-state index in [0.717, 1.165) is 6.08 Å². The van der Waals surface area contributed by atoms with Crippen LogP contribution in [0.3, 0.4) is 0 Å². The SMILES string of the molecule is COc1ccc(CCO[C@@H]2O[C@@H](CO)[C@@H](OC(=O)C=Cc3ccc(O)c(OC)c3)[C@@H](O[C@H]3O[C@H](C)[C@H](O)[C@@H](O)[C@H]3O)[C@@H]2O)cc1O. The van der Waals surface area contributed by atoms with Crippen LogP contribution >= 0.6 is 0 Å². The van der Waals surface area contributed by atoms with Crippen molar-refractivity contribution in [1.29, 1.82) is 0 Å². The van der Waals surface area contributed by atoms with Crippen LogP contribution in [0.15, 0.2) is 42.5 Å². The highest BCUT2D eigenvalue weighted by Gasteiger charge is 2.52. The Morgan fingerprint density at radius 2 is 1.59 bits per heavy atom. The normalized spacial score (nSPS) is 31.5. The lowest BCUT2D eigenvalue weighted by Crippen LogP contribution is -2.65. The lowest BCUT2D eigenvalue weighted by atomic mass is 9.97. The zero-order chi connectivity index (χ0) is 33.5. The molecule has 2 saturated heterocycles. The molecule has 0 spiro atoms. The second-order valence-electron chi connectivity index (χ2n) is 10.8. The number of benzene rings is 2. The van der Waals surface area contributed by atoms with Gasteiger partial charge in [0.2, 0.25) is 0 Å². The quantitative estimate of drug-likeness (QED) is 0.114. The monoisotopic (exact) mass is 652 g/mol. The fourth-order valence-electron chi connectivity index (χ4n) is 5.08. The molecule has 15 heteroatoms. The summed E-state index contributed by atoms with van der Waals surface area (Å²) < 4.78 is 38.6. The van der Waals surface area contributed by atoms with Gasteiger partial charge in [0.15, 0.2) is 41.7 Å². The topological polar surface area (TPSA) is 223 Å². The maximum Gasteiger partial charge on any atom is 0.331 e. The summed E-state index contributed by atoms with van der Waals surface area (Å²) >= 11 is 0. The van der Waals surface area contributed by atoms with Crippen LogP contribution in [0.4, 0.5) is 0 Å². The van der Waals surface area contributed by atoms with E-state index >= 15 is 0 Å². The molecule has 46 heavy (non-hydrogen) atoms. The number of phenols is 2. The van der Waals surface area contributed by atoms with E-state index in [1.807, 2.05) is 0 Å². The summed E-state index contributed by atoms with van der Waals surface area (Å²) in [6, 6.07) is 9.16. The highest BCUT2D eigenvalue weighted by molar-refractivity contribution is 5.87. The molecule has 2 aliphatic rings. The van der Waals surface area contributed by atoms with Gasteiger partial charge >= 0.3 is 5.97 Å². The summed E-state index contributed by atoms with van der Waals surface area (Å²) in [6.45, 7) is 0.712. The predicted molar refractivity (Wildman–Crippen MR) is 157 cm³/mol. The lowest BCUT2D eigenvalue weighted by Gasteiger charge is -2.46. The first kappa shape index (κ1) is 35.3. The van der Waals surface area contributed by atoms with Gasteiger partial charge in [0.25, 0.3) is 0 Å². The van der Waals surface area contributed by atoms with Gasteiger partial charge in [-0.2, -0.15) is 0 Å². The van der Waals surface area contributed by atoms with Crippen molar-refractivity contribution in [2.45, 2.75) is 74.8 Å². The van der Waals surface area contributed by atoms with Crippen LogP contribution in [-0.2, 0) is 34.9 Å². The van der Waals surface area contributed by atoms with Gasteiger partial charge in [0, 0.05) is 6.08 Å². The zero-order valence-corrected chi connectivity index (χ0v) is 25.4. The highest BCUT2D eigenvalue weighted by atomic mass is 16.7. The Labute approximate surface area is 264 Å². The van der Waals surface area contributed by atoms with E-state index in [4.69, 9.17) is 33.2 Å². The molecule has 254 valence electrons. The van der Waals surface area contributed by atoms with E-state index < -0.39 is 74.0 Å². The molecule has 4 rings (SSSR count). The summed E-state index contributed by atoms with van der Waals surface area (Å²) in [5.41, 5.74) is 1.16. The number of aromatic hydroxyl groups is 2. The first-order valence-corrected chi connectivity index (χ1v) is 14.5. The highest BCUT2D eigenvalue weighted by Crippen LogP contribution is 2.32. The van der Waals surface area contributed by atoms with Crippen molar-refractivity contribution in [2.75, 3.05) is 27.4 Å². The first-order chi connectivity index (χ1) is 22.0. The van der Waals surface area contributed by atoms with Crippen molar-refractivity contribution in [2.24, 2.45) is 0 Å². The molecule has 0 aliphatic carbocycles. The van der Waals surface area contributed by atoms with Gasteiger partial charge in [-0.15, -0.1) is 0 Å². The molecule has 2 fully saturated rings. The smallest absolute Gasteiger partial charge is 0.331 e. The zero-order valence-electron chi connectivity index (χ0n) is 25.4. The molecule has 0 amide bonds. The minimum atomic E-state index is -1.75. The summed E-state index contributed by atoms with van der Waals surface area (Å²) in [6.07, 6.45) is -12.1. The van der Waals surface area contributed by atoms with Gasteiger partial charge < -0.3 is 68.9 Å². The average Bonchev–Trinajstić information content (AvgIpc) is 3.04. The summed E-state index contributed by atoms with van der Waals surface area (Å²) in [5.74, 6) is -0.625. The molecule has 10 atom stereocenters. The number of rotatable bonds is 12. The number of hydrogen-bond donors (Lipinski definition) is 7. The Balaban J connectivity index is 1.52. The van der Waals surface area contributed by atoms with E-state index in [1.54, 1.807) is 12.1 Å². The molecule has 0 radical (unpaired) electrons. The van der Waals surface area contributed by atoms with E-state index in [-0.39, 0.29) is 30.3 Å². The van der Waals surface area contributed by atoms with Crippen LogP contribution < -0.4 is 9.47 Å². The lowest BCUT2D eigenvalue weighted by molar-refractivity contribution is -0.357. The summed E-state index contributed by atoms with van der Waals surface area (Å²) in [7, 11) is 2.79.